The summed E-state index contributed by atoms with van der Waals surface area (Å²) in [5, 5.41) is 13.0. The number of nitrogens with two attached hydrogens (primary N) is 1. The zero-order valence-electron chi connectivity index (χ0n) is 16.6. The predicted molar refractivity (Wildman–Crippen MR) is 116 cm³/mol. The number of phenolic OH excluding ortho intramolecular Hbond substituents is 1. The van der Waals surface area contributed by atoms with Crippen molar-refractivity contribution in [1.29, 1.82) is 0 Å². The number of nitrogen functional groups attached to an aromatic ring is 1. The molecule has 1 aliphatic carbocycles. The number of benzene rings is 3. The Kier molecular flexibility index (Phi) is 6.01. The van der Waals surface area contributed by atoms with Gasteiger partial charge in [0.25, 0.3) is 10.1 Å². The Morgan fingerprint density at radius 2 is 1.48 bits per heavy atom. The van der Waals surface area contributed by atoms with E-state index in [1.54, 1.807) is 25.1 Å². The molecule has 8 nitrogen and oxygen atoms in total. The van der Waals surface area contributed by atoms with Crippen molar-refractivity contribution in [2.75, 3.05) is 11.1 Å². The smallest absolute Gasteiger partial charge is 0.296 e. The van der Waals surface area contributed by atoms with E-state index >= 15 is 0 Å². The Morgan fingerprint density at radius 1 is 0.903 bits per heavy atom. The molecule has 0 bridgehead atoms. The average Bonchev–Trinajstić information content (AvgIpc) is 2.69. The van der Waals surface area contributed by atoms with Gasteiger partial charge in [-0.3, -0.25) is 14.1 Å². The molecule has 153 valence electrons. The van der Waals surface area contributed by atoms with Gasteiger partial charge in [0, 0.05) is 46.8 Å². The van der Waals surface area contributed by atoms with Crippen LogP contribution in [0.5, 0.6) is 5.75 Å². The molecule has 0 unspecified atom stereocenters. The van der Waals surface area contributed by atoms with Crippen molar-refractivity contribution in [3.05, 3.63) is 76.3 Å². The molecule has 31 heavy (non-hydrogen) atoms. The van der Waals surface area contributed by atoms with Crippen molar-refractivity contribution in [3.8, 4) is 5.75 Å². The van der Waals surface area contributed by atoms with Crippen LogP contribution in [0.15, 0.2) is 53.4 Å². The van der Waals surface area contributed by atoms with Crippen molar-refractivity contribution in [2.45, 2.75) is 11.8 Å². The molecular weight excluding hydrogens is 431 g/mol. The van der Waals surface area contributed by atoms with E-state index in [1.807, 2.05) is 0 Å². The average molecular weight is 447 g/mol. The Hall–Kier alpha value is -2.69. The summed E-state index contributed by atoms with van der Waals surface area (Å²) in [6, 6.07) is 11.6. The minimum absolute atomic E-state index is 0. The fourth-order valence-electron chi connectivity index (χ4n) is 3.49. The van der Waals surface area contributed by atoms with Gasteiger partial charge in [-0.1, -0.05) is 30.3 Å². The van der Waals surface area contributed by atoms with Crippen LogP contribution in [0.3, 0.4) is 0 Å². The molecule has 0 fully saturated rings. The minimum Gasteiger partial charge on any atom is -0.506 e. The van der Waals surface area contributed by atoms with Crippen LogP contribution in [-0.2, 0) is 10.1 Å². The van der Waals surface area contributed by atoms with Gasteiger partial charge in [-0.2, -0.15) is 8.42 Å². The number of carbonyl (C=O) groups is 2. The summed E-state index contributed by atoms with van der Waals surface area (Å²) in [4.78, 5) is 25.7. The molecule has 0 amide bonds. The number of phenols is 1. The van der Waals surface area contributed by atoms with Crippen LogP contribution < -0.4 is 11.1 Å². The molecule has 0 aromatic heterocycles. The second kappa shape index (κ2) is 8.10. The molecule has 0 heterocycles. The van der Waals surface area contributed by atoms with E-state index in [-0.39, 0.29) is 68.9 Å². The first-order valence-corrected chi connectivity index (χ1v) is 10.2. The summed E-state index contributed by atoms with van der Waals surface area (Å²) in [5.74, 6) is -1.48. The van der Waals surface area contributed by atoms with Crippen molar-refractivity contribution >= 4 is 68.3 Å². The number of anilines is 3. The number of nitrogens with one attached hydrogen (secondary N) is 1. The standard InChI is InChI=1S/C21H16N2O6S.Na/c1-10-6-7-13(16(8-10)30(27,28)29)23-14-9-15(24)19(22)18-17(14)20(25)11-4-2-3-5-12(11)21(18)26;/h2-9,23-24H,22H2,1H3,(H,27,28,29);. The van der Waals surface area contributed by atoms with Crippen LogP contribution in [0, 0.1) is 6.92 Å². The molecule has 1 aliphatic rings. The third kappa shape index (κ3) is 3.86. The van der Waals surface area contributed by atoms with Gasteiger partial charge in [0.1, 0.15) is 10.6 Å². The van der Waals surface area contributed by atoms with Crippen LogP contribution in [-0.4, -0.2) is 59.2 Å². The summed E-state index contributed by atoms with van der Waals surface area (Å²) in [6.07, 6.45) is 0. The summed E-state index contributed by atoms with van der Waals surface area (Å²) in [7, 11) is -4.59. The third-order valence-electron chi connectivity index (χ3n) is 4.90. The van der Waals surface area contributed by atoms with Crippen molar-refractivity contribution in [2.24, 2.45) is 0 Å². The molecule has 0 saturated carbocycles. The topological polar surface area (TPSA) is 147 Å². The van der Waals surface area contributed by atoms with E-state index in [1.165, 1.54) is 24.3 Å². The zero-order chi connectivity index (χ0) is 21.8. The number of aryl methyl sites for hydroxylation is 1. The first kappa shape index (κ1) is 23.0. The van der Waals surface area contributed by atoms with Gasteiger partial charge >= 0.3 is 0 Å². The summed E-state index contributed by atoms with van der Waals surface area (Å²) < 4.78 is 33.2. The fraction of sp³-hybridized carbons (Fsp3) is 0.0476. The van der Waals surface area contributed by atoms with Gasteiger partial charge in [-0.05, 0) is 24.6 Å². The summed E-state index contributed by atoms with van der Waals surface area (Å²) in [5.41, 5.74) is 6.27. The molecule has 5 N–H and O–H groups in total. The third-order valence-corrected chi connectivity index (χ3v) is 5.79. The first-order chi connectivity index (χ1) is 14.1. The van der Waals surface area contributed by atoms with Crippen molar-refractivity contribution < 1.29 is 27.7 Å². The van der Waals surface area contributed by atoms with E-state index in [9.17, 15) is 27.7 Å². The molecule has 0 atom stereocenters. The summed E-state index contributed by atoms with van der Waals surface area (Å²) >= 11 is 0. The Bertz CT molecular complexity index is 1370. The quantitative estimate of drug-likeness (QED) is 0.162. The molecule has 0 spiro atoms. The van der Waals surface area contributed by atoms with Crippen molar-refractivity contribution in [3.63, 3.8) is 0 Å². The van der Waals surface area contributed by atoms with E-state index < -0.39 is 32.3 Å². The molecular formula is C21H16N2NaO6S. The second-order valence-corrected chi connectivity index (χ2v) is 8.30. The van der Waals surface area contributed by atoms with Gasteiger partial charge in [0.05, 0.1) is 28.2 Å². The van der Waals surface area contributed by atoms with Gasteiger partial charge in [0.15, 0.2) is 11.6 Å². The van der Waals surface area contributed by atoms with Gasteiger partial charge in [-0.15, -0.1) is 0 Å². The van der Waals surface area contributed by atoms with Crippen LogP contribution in [0.4, 0.5) is 17.1 Å². The monoisotopic (exact) mass is 447 g/mol. The van der Waals surface area contributed by atoms with Gasteiger partial charge in [0.2, 0.25) is 0 Å². The Morgan fingerprint density at radius 3 is 2.06 bits per heavy atom. The Labute approximate surface area is 200 Å². The van der Waals surface area contributed by atoms with Crippen LogP contribution >= 0.6 is 0 Å². The number of hydrogen-bond donors (Lipinski definition) is 4. The second-order valence-electron chi connectivity index (χ2n) is 6.91. The van der Waals surface area contributed by atoms with E-state index in [4.69, 9.17) is 5.73 Å². The maximum Gasteiger partial charge on any atom is 0.296 e. The van der Waals surface area contributed by atoms with Crippen LogP contribution in [0.25, 0.3) is 0 Å². The fourth-order valence-corrected chi connectivity index (χ4v) is 4.23. The number of aromatic hydroxyl groups is 1. The summed E-state index contributed by atoms with van der Waals surface area (Å²) in [6.45, 7) is 1.65. The maximum absolute atomic E-state index is 13.2. The molecule has 3 aromatic rings. The normalized spacial score (nSPS) is 12.6. The Balaban J connectivity index is 0.00000272. The number of rotatable bonds is 3. The molecule has 0 saturated heterocycles. The maximum atomic E-state index is 13.2. The van der Waals surface area contributed by atoms with E-state index in [2.05, 4.69) is 5.32 Å². The molecule has 0 aliphatic heterocycles. The van der Waals surface area contributed by atoms with Gasteiger partial charge in [-0.25, -0.2) is 0 Å². The SMILES string of the molecule is Cc1ccc(Nc2cc(O)c(N)c3c2C(=O)c2ccccc2C3=O)c(S(=O)(=O)O)c1.[Na]. The predicted octanol–water partition coefficient (Wildman–Crippen LogP) is 2.67. The number of carbonyl (C=O) groups excluding carboxylic acids is 2. The van der Waals surface area contributed by atoms with Crippen LogP contribution in [0.1, 0.15) is 37.4 Å². The zero-order valence-corrected chi connectivity index (χ0v) is 19.4. The first-order valence-electron chi connectivity index (χ1n) is 8.78. The largest absolute Gasteiger partial charge is 0.506 e. The number of fused-ring (bicyclic) bond motifs is 2. The van der Waals surface area contributed by atoms with E-state index in [0.29, 0.717) is 5.56 Å². The van der Waals surface area contributed by atoms with E-state index in [0.717, 1.165) is 6.07 Å². The minimum atomic E-state index is -4.59. The number of ketones is 2. The molecule has 10 heteroatoms. The van der Waals surface area contributed by atoms with Gasteiger partial charge < -0.3 is 16.2 Å². The molecule has 4 rings (SSSR count). The number of hydrogen-bond acceptors (Lipinski definition) is 7. The molecule has 1 radical (unpaired) electrons. The van der Waals surface area contributed by atoms with Crippen molar-refractivity contribution in [1.82, 2.24) is 0 Å². The van der Waals surface area contributed by atoms with Crippen LogP contribution in [0.2, 0.25) is 0 Å². The molecule has 3 aromatic carbocycles.